The minimum atomic E-state index is -0.760. The molecule has 168 valence electrons. The second kappa shape index (κ2) is 10.3. The molecule has 3 aromatic rings. The van der Waals surface area contributed by atoms with Gasteiger partial charge < -0.3 is 9.84 Å². The molecule has 0 saturated heterocycles. The van der Waals surface area contributed by atoms with Crippen LogP contribution in [0.5, 0.6) is 5.75 Å². The number of fused-ring (bicyclic) bond motifs is 1. The van der Waals surface area contributed by atoms with Crippen LogP contribution in [0.15, 0.2) is 48.5 Å². The minimum absolute atomic E-state index is 0.0398. The Balaban J connectivity index is 1.33. The first-order chi connectivity index (χ1) is 15.5. The Bertz CT molecular complexity index is 1060. The van der Waals surface area contributed by atoms with Gasteiger partial charge in [0.05, 0.1) is 17.1 Å². The third kappa shape index (κ3) is 5.75. The molecular weight excluding hydrogens is 420 g/mol. The second-order valence-corrected chi connectivity index (χ2v) is 9.73. The van der Waals surface area contributed by atoms with Crippen LogP contribution in [0.4, 0.5) is 0 Å². The Kier molecular flexibility index (Phi) is 7.22. The third-order valence-corrected chi connectivity index (χ3v) is 6.98. The fourth-order valence-corrected chi connectivity index (χ4v) is 5.33. The number of carboxylic acid groups (broad SMARTS) is 1. The number of nitrogens with zero attached hydrogens (tertiary/aromatic N) is 2. The zero-order valence-corrected chi connectivity index (χ0v) is 19.5. The lowest BCUT2D eigenvalue weighted by atomic mass is 9.93. The van der Waals surface area contributed by atoms with E-state index in [1.807, 2.05) is 42.5 Å². The van der Waals surface area contributed by atoms with E-state index in [1.165, 1.54) is 16.1 Å². The molecule has 1 aliphatic rings. The molecule has 0 saturated carbocycles. The summed E-state index contributed by atoms with van der Waals surface area (Å²) in [5, 5.41) is 10.2. The zero-order valence-electron chi connectivity index (χ0n) is 18.7. The van der Waals surface area contributed by atoms with E-state index in [4.69, 9.17) is 9.84 Å². The summed E-state index contributed by atoms with van der Waals surface area (Å²) in [5.74, 6) is 0.0793. The van der Waals surface area contributed by atoms with Crippen molar-refractivity contribution in [2.75, 3.05) is 6.54 Å². The molecule has 0 fully saturated rings. The maximum atomic E-state index is 11.0. The fraction of sp³-hybridized carbons (Fsp3) is 0.385. The van der Waals surface area contributed by atoms with Crippen molar-refractivity contribution in [3.05, 3.63) is 80.8 Å². The zero-order chi connectivity index (χ0) is 22.5. The summed E-state index contributed by atoms with van der Waals surface area (Å²) in [7, 11) is 0. The summed E-state index contributed by atoms with van der Waals surface area (Å²) in [5.41, 5.74) is 4.77. The first kappa shape index (κ1) is 22.5. The van der Waals surface area contributed by atoms with E-state index >= 15 is 0 Å². The van der Waals surface area contributed by atoms with Crippen LogP contribution >= 0.6 is 11.3 Å². The monoisotopic (exact) mass is 450 g/mol. The predicted molar refractivity (Wildman–Crippen MR) is 127 cm³/mol. The third-order valence-electron chi connectivity index (χ3n) is 5.99. The Morgan fingerprint density at radius 3 is 2.75 bits per heavy atom. The van der Waals surface area contributed by atoms with E-state index in [0.29, 0.717) is 6.61 Å². The van der Waals surface area contributed by atoms with Gasteiger partial charge in [-0.15, -0.1) is 11.3 Å². The Morgan fingerprint density at radius 1 is 1.22 bits per heavy atom. The highest BCUT2D eigenvalue weighted by molar-refractivity contribution is 7.11. The number of aromatic nitrogens is 1. The molecule has 0 spiro atoms. The number of benzene rings is 2. The predicted octanol–water partition coefficient (Wildman–Crippen LogP) is 5.56. The van der Waals surface area contributed by atoms with Gasteiger partial charge in [0.25, 0.3) is 0 Å². The summed E-state index contributed by atoms with van der Waals surface area (Å²) in [4.78, 5) is 19.6. The van der Waals surface area contributed by atoms with Crippen LogP contribution in [0.3, 0.4) is 0 Å². The van der Waals surface area contributed by atoms with Crippen LogP contribution in [0, 0.1) is 6.92 Å². The minimum Gasteiger partial charge on any atom is -0.489 e. The molecule has 1 N–H and O–H groups in total. The van der Waals surface area contributed by atoms with Gasteiger partial charge >= 0.3 is 5.97 Å². The molecule has 0 radical (unpaired) electrons. The number of ether oxygens (including phenoxy) is 1. The molecule has 32 heavy (non-hydrogen) atoms. The molecule has 1 aromatic heterocycles. The second-order valence-electron chi connectivity index (χ2n) is 8.44. The van der Waals surface area contributed by atoms with Crippen molar-refractivity contribution < 1.29 is 14.6 Å². The van der Waals surface area contributed by atoms with E-state index < -0.39 is 5.97 Å². The van der Waals surface area contributed by atoms with Crippen molar-refractivity contribution >= 4 is 17.3 Å². The molecule has 2 heterocycles. The number of hydrogen-bond acceptors (Lipinski definition) is 5. The summed E-state index contributed by atoms with van der Waals surface area (Å²) < 4.78 is 6.00. The van der Waals surface area contributed by atoms with Gasteiger partial charge in [0, 0.05) is 30.9 Å². The number of thiazole rings is 1. The lowest BCUT2D eigenvalue weighted by Gasteiger charge is -2.26. The Hall–Kier alpha value is -2.70. The number of aliphatic carboxylic acids is 1. The number of rotatable bonds is 9. The number of carboxylic acids is 1. The van der Waals surface area contributed by atoms with E-state index in [9.17, 15) is 4.79 Å². The highest BCUT2D eigenvalue weighted by atomic mass is 32.1. The molecule has 1 aliphatic heterocycles. The molecule has 0 bridgehead atoms. The lowest BCUT2D eigenvalue weighted by molar-refractivity contribution is -0.137. The van der Waals surface area contributed by atoms with Gasteiger partial charge in [-0.3, -0.25) is 9.69 Å². The van der Waals surface area contributed by atoms with Crippen molar-refractivity contribution in [1.82, 2.24) is 9.88 Å². The molecule has 0 aliphatic carbocycles. The SMILES string of the molecule is CC[C@H](CC(=O)O)c1ccc(OCc2cccc(CN3CCc4nc(C)sc4C3)c2)cc1. The van der Waals surface area contributed by atoms with Gasteiger partial charge in [0.2, 0.25) is 0 Å². The average Bonchev–Trinajstić information content (AvgIpc) is 3.16. The smallest absolute Gasteiger partial charge is 0.303 e. The topological polar surface area (TPSA) is 62.7 Å². The van der Waals surface area contributed by atoms with Crippen molar-refractivity contribution in [2.24, 2.45) is 0 Å². The van der Waals surface area contributed by atoms with E-state index in [1.54, 1.807) is 0 Å². The molecule has 6 heteroatoms. The molecule has 0 unspecified atom stereocenters. The summed E-state index contributed by atoms with van der Waals surface area (Å²) >= 11 is 1.82. The van der Waals surface area contributed by atoms with Crippen LogP contribution < -0.4 is 4.74 Å². The lowest BCUT2D eigenvalue weighted by Crippen LogP contribution is -2.29. The largest absolute Gasteiger partial charge is 0.489 e. The van der Waals surface area contributed by atoms with Crippen LogP contribution in [0.1, 0.15) is 58.0 Å². The van der Waals surface area contributed by atoms with Crippen LogP contribution in [0.2, 0.25) is 0 Å². The number of hydrogen-bond donors (Lipinski definition) is 1. The van der Waals surface area contributed by atoms with Crippen LogP contribution in [-0.2, 0) is 30.9 Å². The van der Waals surface area contributed by atoms with E-state index in [2.05, 4.69) is 41.1 Å². The van der Waals surface area contributed by atoms with Crippen molar-refractivity contribution in [3.8, 4) is 5.75 Å². The normalized spacial score (nSPS) is 14.7. The maximum absolute atomic E-state index is 11.0. The van der Waals surface area contributed by atoms with Gasteiger partial charge in [-0.2, -0.15) is 0 Å². The highest BCUT2D eigenvalue weighted by Gasteiger charge is 2.20. The average molecular weight is 451 g/mol. The Labute approximate surface area is 193 Å². The van der Waals surface area contributed by atoms with Crippen LogP contribution in [-0.4, -0.2) is 27.5 Å². The number of aryl methyl sites for hydroxylation is 1. The van der Waals surface area contributed by atoms with Gasteiger partial charge in [-0.25, -0.2) is 4.98 Å². The summed E-state index contributed by atoms with van der Waals surface area (Å²) in [6.45, 7) is 7.58. The molecular formula is C26H30N2O3S. The van der Waals surface area contributed by atoms with Crippen LogP contribution in [0.25, 0.3) is 0 Å². The van der Waals surface area contributed by atoms with E-state index in [0.717, 1.165) is 54.4 Å². The number of carbonyl (C=O) groups is 1. The first-order valence-electron chi connectivity index (χ1n) is 11.2. The molecule has 0 amide bonds. The van der Waals surface area contributed by atoms with Gasteiger partial charge in [-0.05, 0) is 48.1 Å². The van der Waals surface area contributed by atoms with Crippen molar-refractivity contribution in [2.45, 2.75) is 58.7 Å². The summed E-state index contributed by atoms with van der Waals surface area (Å²) in [6.07, 6.45) is 1.99. The first-order valence-corrected chi connectivity index (χ1v) is 12.0. The molecule has 2 aromatic carbocycles. The highest BCUT2D eigenvalue weighted by Crippen LogP contribution is 2.27. The fourth-order valence-electron chi connectivity index (χ4n) is 4.30. The summed E-state index contributed by atoms with van der Waals surface area (Å²) in [6, 6.07) is 16.4. The van der Waals surface area contributed by atoms with Gasteiger partial charge in [-0.1, -0.05) is 43.3 Å². The van der Waals surface area contributed by atoms with Crippen molar-refractivity contribution in [1.29, 1.82) is 0 Å². The molecule has 1 atom stereocenters. The van der Waals surface area contributed by atoms with Gasteiger partial charge in [0.15, 0.2) is 0 Å². The van der Waals surface area contributed by atoms with E-state index in [-0.39, 0.29) is 12.3 Å². The van der Waals surface area contributed by atoms with Crippen molar-refractivity contribution in [3.63, 3.8) is 0 Å². The van der Waals surface area contributed by atoms with Gasteiger partial charge in [0.1, 0.15) is 12.4 Å². The standard InChI is InChI=1S/C26H30N2O3S/c1-3-21(14-26(29)30)22-7-9-23(10-8-22)31-17-20-6-4-5-19(13-20)15-28-12-11-24-25(16-28)32-18(2)27-24/h4-10,13,21H,3,11-12,14-17H2,1-2H3,(H,29,30)/t21-/m1/s1. The molecule has 5 nitrogen and oxygen atoms in total. The quantitative estimate of drug-likeness (QED) is 0.463. The Morgan fingerprint density at radius 2 is 2.00 bits per heavy atom. The maximum Gasteiger partial charge on any atom is 0.303 e. The molecule has 4 rings (SSSR count).